The SMILES string of the molecule is Fc1ccc(CNCCOc2cccc(F)c2)cc1. The van der Waals surface area contributed by atoms with E-state index < -0.39 is 0 Å². The van der Waals surface area contributed by atoms with Gasteiger partial charge in [0, 0.05) is 19.2 Å². The Balaban J connectivity index is 1.66. The van der Waals surface area contributed by atoms with Crippen molar-refractivity contribution in [2.24, 2.45) is 0 Å². The zero-order valence-corrected chi connectivity index (χ0v) is 10.4. The molecule has 0 spiro atoms. The van der Waals surface area contributed by atoms with Gasteiger partial charge in [-0.25, -0.2) is 8.78 Å². The van der Waals surface area contributed by atoms with Gasteiger partial charge in [0.05, 0.1) is 0 Å². The van der Waals surface area contributed by atoms with E-state index in [0.717, 1.165) is 5.56 Å². The monoisotopic (exact) mass is 263 g/mol. The van der Waals surface area contributed by atoms with E-state index in [-0.39, 0.29) is 11.6 Å². The van der Waals surface area contributed by atoms with Gasteiger partial charge in [-0.3, -0.25) is 0 Å². The molecule has 4 heteroatoms. The lowest BCUT2D eigenvalue weighted by Gasteiger charge is -2.07. The van der Waals surface area contributed by atoms with Crippen molar-refractivity contribution >= 4 is 0 Å². The molecule has 0 heterocycles. The third kappa shape index (κ3) is 4.67. The van der Waals surface area contributed by atoms with E-state index in [1.807, 2.05) is 0 Å². The van der Waals surface area contributed by atoms with Crippen molar-refractivity contribution in [3.05, 3.63) is 65.7 Å². The van der Waals surface area contributed by atoms with E-state index in [1.165, 1.54) is 24.3 Å². The predicted octanol–water partition coefficient (Wildman–Crippen LogP) is 3.13. The topological polar surface area (TPSA) is 21.3 Å². The molecule has 2 aromatic carbocycles. The molecule has 0 aliphatic carbocycles. The molecule has 0 saturated carbocycles. The van der Waals surface area contributed by atoms with Crippen molar-refractivity contribution in [2.75, 3.05) is 13.2 Å². The van der Waals surface area contributed by atoms with Crippen molar-refractivity contribution in [2.45, 2.75) is 6.54 Å². The number of halogens is 2. The standard InChI is InChI=1S/C15H15F2NO/c16-13-6-4-12(5-7-13)11-18-8-9-19-15-3-1-2-14(17)10-15/h1-7,10,18H,8-9,11H2. The fourth-order valence-electron chi connectivity index (χ4n) is 1.63. The highest BCUT2D eigenvalue weighted by molar-refractivity contribution is 5.22. The zero-order valence-electron chi connectivity index (χ0n) is 10.4. The van der Waals surface area contributed by atoms with Gasteiger partial charge < -0.3 is 10.1 Å². The van der Waals surface area contributed by atoms with E-state index in [2.05, 4.69) is 5.32 Å². The maximum atomic E-state index is 12.9. The summed E-state index contributed by atoms with van der Waals surface area (Å²) in [5.41, 5.74) is 1.01. The van der Waals surface area contributed by atoms with E-state index in [0.29, 0.717) is 25.4 Å². The van der Waals surface area contributed by atoms with Crippen LogP contribution in [0, 0.1) is 11.6 Å². The Bertz CT molecular complexity index is 514. The Morgan fingerprint density at radius 1 is 0.947 bits per heavy atom. The summed E-state index contributed by atoms with van der Waals surface area (Å²) in [6.07, 6.45) is 0. The van der Waals surface area contributed by atoms with Gasteiger partial charge in [-0.1, -0.05) is 18.2 Å². The van der Waals surface area contributed by atoms with Crippen LogP contribution in [0.1, 0.15) is 5.56 Å². The minimum Gasteiger partial charge on any atom is -0.492 e. The number of ether oxygens (including phenoxy) is 1. The molecular formula is C15H15F2NO. The van der Waals surface area contributed by atoms with Crippen molar-refractivity contribution in [3.8, 4) is 5.75 Å². The van der Waals surface area contributed by atoms with Crippen molar-refractivity contribution in [3.63, 3.8) is 0 Å². The van der Waals surface area contributed by atoms with Crippen LogP contribution >= 0.6 is 0 Å². The fraction of sp³-hybridized carbons (Fsp3) is 0.200. The average Bonchev–Trinajstić information content (AvgIpc) is 2.41. The van der Waals surface area contributed by atoms with E-state index in [4.69, 9.17) is 4.74 Å². The summed E-state index contributed by atoms with van der Waals surface area (Å²) in [6.45, 7) is 1.73. The van der Waals surface area contributed by atoms with Crippen LogP contribution in [0.4, 0.5) is 8.78 Å². The minimum absolute atomic E-state index is 0.238. The molecule has 2 nitrogen and oxygen atoms in total. The van der Waals surface area contributed by atoms with Crippen LogP contribution in [-0.2, 0) is 6.54 Å². The molecule has 0 aliphatic heterocycles. The van der Waals surface area contributed by atoms with Crippen molar-refractivity contribution < 1.29 is 13.5 Å². The molecule has 0 amide bonds. The number of hydrogen-bond acceptors (Lipinski definition) is 2. The summed E-state index contributed by atoms with van der Waals surface area (Å²) in [6, 6.07) is 12.4. The molecule has 1 N–H and O–H groups in total. The summed E-state index contributed by atoms with van der Waals surface area (Å²) in [7, 11) is 0. The van der Waals surface area contributed by atoms with Gasteiger partial charge >= 0.3 is 0 Å². The summed E-state index contributed by atoms with van der Waals surface area (Å²) in [4.78, 5) is 0. The molecule has 2 rings (SSSR count). The second-order valence-corrected chi connectivity index (χ2v) is 4.11. The van der Waals surface area contributed by atoms with Crippen LogP contribution < -0.4 is 10.1 Å². The van der Waals surface area contributed by atoms with Crippen LogP contribution in [0.2, 0.25) is 0 Å². The average molecular weight is 263 g/mol. The fourth-order valence-corrected chi connectivity index (χ4v) is 1.63. The molecule has 0 atom stereocenters. The molecule has 2 aromatic rings. The molecule has 100 valence electrons. The van der Waals surface area contributed by atoms with Gasteiger partial charge in [0.15, 0.2) is 0 Å². The third-order valence-corrected chi connectivity index (χ3v) is 2.59. The van der Waals surface area contributed by atoms with Gasteiger partial charge in [0.1, 0.15) is 24.0 Å². The lowest BCUT2D eigenvalue weighted by molar-refractivity contribution is 0.312. The number of nitrogens with one attached hydrogen (secondary N) is 1. The predicted molar refractivity (Wildman–Crippen MR) is 70.0 cm³/mol. The van der Waals surface area contributed by atoms with Gasteiger partial charge in [-0.2, -0.15) is 0 Å². The Hall–Kier alpha value is -1.94. The van der Waals surface area contributed by atoms with Crippen LogP contribution in [-0.4, -0.2) is 13.2 Å². The molecular weight excluding hydrogens is 248 g/mol. The van der Waals surface area contributed by atoms with Crippen LogP contribution in [0.25, 0.3) is 0 Å². The lowest BCUT2D eigenvalue weighted by Crippen LogP contribution is -2.20. The van der Waals surface area contributed by atoms with Gasteiger partial charge in [-0.15, -0.1) is 0 Å². The summed E-state index contributed by atoms with van der Waals surface area (Å²) < 4.78 is 30.9. The first-order chi connectivity index (χ1) is 9.24. The van der Waals surface area contributed by atoms with Gasteiger partial charge in [0.25, 0.3) is 0 Å². The largest absolute Gasteiger partial charge is 0.492 e. The summed E-state index contributed by atoms with van der Waals surface area (Å²) in [5.74, 6) is -0.0291. The first-order valence-electron chi connectivity index (χ1n) is 6.07. The zero-order chi connectivity index (χ0) is 13.5. The second kappa shape index (κ2) is 6.85. The normalized spacial score (nSPS) is 10.4. The van der Waals surface area contributed by atoms with E-state index in [1.54, 1.807) is 24.3 Å². The summed E-state index contributed by atoms with van der Waals surface area (Å²) in [5, 5.41) is 3.16. The van der Waals surface area contributed by atoms with Crippen LogP contribution in [0.5, 0.6) is 5.75 Å². The molecule has 19 heavy (non-hydrogen) atoms. The quantitative estimate of drug-likeness (QED) is 0.808. The Kier molecular flexibility index (Phi) is 4.86. The van der Waals surface area contributed by atoms with Gasteiger partial charge in [-0.05, 0) is 29.8 Å². The van der Waals surface area contributed by atoms with E-state index in [9.17, 15) is 8.78 Å². The summed E-state index contributed by atoms with van der Waals surface area (Å²) >= 11 is 0. The van der Waals surface area contributed by atoms with Crippen LogP contribution in [0.15, 0.2) is 48.5 Å². The van der Waals surface area contributed by atoms with Crippen molar-refractivity contribution in [1.29, 1.82) is 0 Å². The molecule has 0 aromatic heterocycles. The number of hydrogen-bond donors (Lipinski definition) is 1. The van der Waals surface area contributed by atoms with Gasteiger partial charge in [0.2, 0.25) is 0 Å². The maximum absolute atomic E-state index is 12.9. The first kappa shape index (κ1) is 13.5. The van der Waals surface area contributed by atoms with Crippen LogP contribution in [0.3, 0.4) is 0 Å². The number of rotatable bonds is 6. The van der Waals surface area contributed by atoms with E-state index >= 15 is 0 Å². The molecule has 0 saturated heterocycles. The highest BCUT2D eigenvalue weighted by Gasteiger charge is 1.96. The van der Waals surface area contributed by atoms with Crippen molar-refractivity contribution in [1.82, 2.24) is 5.32 Å². The Morgan fingerprint density at radius 3 is 2.47 bits per heavy atom. The molecule has 0 unspecified atom stereocenters. The molecule has 0 bridgehead atoms. The second-order valence-electron chi connectivity index (χ2n) is 4.11. The highest BCUT2D eigenvalue weighted by Crippen LogP contribution is 2.11. The molecule has 0 radical (unpaired) electrons. The first-order valence-corrected chi connectivity index (χ1v) is 6.07. The Labute approximate surface area is 111 Å². The molecule has 0 fully saturated rings. The minimum atomic E-state index is -0.309. The smallest absolute Gasteiger partial charge is 0.126 e. The third-order valence-electron chi connectivity index (χ3n) is 2.59. The Morgan fingerprint density at radius 2 is 1.74 bits per heavy atom. The number of benzene rings is 2. The maximum Gasteiger partial charge on any atom is 0.126 e. The lowest BCUT2D eigenvalue weighted by atomic mass is 10.2. The molecule has 0 aliphatic rings. The highest BCUT2D eigenvalue weighted by atomic mass is 19.1.